The molecule has 0 heterocycles. The van der Waals surface area contributed by atoms with Crippen LogP contribution >= 0.6 is 0 Å². The molecule has 0 radical (unpaired) electrons. The van der Waals surface area contributed by atoms with Crippen molar-refractivity contribution in [2.24, 2.45) is 0 Å². The van der Waals surface area contributed by atoms with Gasteiger partial charge in [0, 0.05) is 0 Å². The number of hydrogen-bond donors (Lipinski definition) is 0. The maximum Gasteiger partial charge on any atom is 0.313 e. The normalized spacial score (nSPS) is 12.1. The Balaban J connectivity index is 2.20. The van der Waals surface area contributed by atoms with Gasteiger partial charge >= 0.3 is 5.97 Å². The van der Waals surface area contributed by atoms with Crippen LogP contribution in [-0.4, -0.2) is 12.6 Å². The lowest BCUT2D eigenvalue weighted by molar-refractivity contribution is -0.145. The Labute approximate surface area is 149 Å². The molecule has 1 rings (SSSR count). The molecule has 0 saturated carbocycles. The van der Waals surface area contributed by atoms with Crippen molar-refractivity contribution in [1.82, 2.24) is 0 Å². The Bertz CT molecular complexity index is 413. The summed E-state index contributed by atoms with van der Waals surface area (Å²) in [7, 11) is 0. The lowest BCUT2D eigenvalue weighted by Crippen LogP contribution is -2.16. The van der Waals surface area contributed by atoms with Gasteiger partial charge in [-0.05, 0) is 18.9 Å². The van der Waals surface area contributed by atoms with Crippen LogP contribution < -0.4 is 0 Å². The van der Waals surface area contributed by atoms with E-state index in [-0.39, 0.29) is 11.9 Å². The van der Waals surface area contributed by atoms with E-state index in [0.717, 1.165) is 18.4 Å². The van der Waals surface area contributed by atoms with Gasteiger partial charge in [-0.1, -0.05) is 101 Å². The predicted octanol–water partition coefficient (Wildman–Crippen LogP) is 6.64. The third-order valence-corrected chi connectivity index (χ3v) is 4.62. The highest BCUT2D eigenvalue weighted by Crippen LogP contribution is 2.24. The fourth-order valence-corrected chi connectivity index (χ4v) is 3.18. The van der Waals surface area contributed by atoms with Crippen LogP contribution in [0.3, 0.4) is 0 Å². The van der Waals surface area contributed by atoms with Gasteiger partial charge in [0.15, 0.2) is 0 Å². The summed E-state index contributed by atoms with van der Waals surface area (Å²) in [6.07, 6.45) is 14.1. The van der Waals surface area contributed by atoms with Crippen LogP contribution in [0.25, 0.3) is 0 Å². The minimum atomic E-state index is -0.0970. The Morgan fingerprint density at radius 3 is 1.92 bits per heavy atom. The van der Waals surface area contributed by atoms with E-state index < -0.39 is 0 Å². The van der Waals surface area contributed by atoms with E-state index in [2.05, 4.69) is 6.92 Å². The second kappa shape index (κ2) is 14.1. The van der Waals surface area contributed by atoms with Gasteiger partial charge in [0.2, 0.25) is 0 Å². The Hall–Kier alpha value is -1.31. The van der Waals surface area contributed by atoms with Crippen LogP contribution in [0.2, 0.25) is 0 Å². The zero-order valence-electron chi connectivity index (χ0n) is 15.8. The topological polar surface area (TPSA) is 26.3 Å². The van der Waals surface area contributed by atoms with Crippen molar-refractivity contribution in [3.05, 3.63) is 35.9 Å². The molecule has 0 fully saturated rings. The smallest absolute Gasteiger partial charge is 0.313 e. The highest BCUT2D eigenvalue weighted by Gasteiger charge is 2.21. The number of carbonyl (C=O) groups is 1. The molecule has 1 aromatic rings. The summed E-state index contributed by atoms with van der Waals surface area (Å²) in [5, 5.41) is 0. The molecular formula is C22H36O2. The van der Waals surface area contributed by atoms with Gasteiger partial charge in [-0.2, -0.15) is 0 Å². The summed E-state index contributed by atoms with van der Waals surface area (Å²) in [6, 6.07) is 10.1. The number of esters is 1. The van der Waals surface area contributed by atoms with E-state index in [1.807, 2.05) is 37.3 Å². The molecule has 1 aromatic carbocycles. The van der Waals surface area contributed by atoms with Crippen molar-refractivity contribution in [2.75, 3.05) is 6.61 Å². The average Bonchev–Trinajstić information content (AvgIpc) is 2.60. The second-order valence-electron chi connectivity index (χ2n) is 6.69. The molecule has 0 aromatic heterocycles. The molecule has 0 aliphatic heterocycles. The molecule has 2 heteroatoms. The molecule has 1 atom stereocenters. The van der Waals surface area contributed by atoms with E-state index in [9.17, 15) is 4.79 Å². The number of benzene rings is 1. The number of ether oxygens (including phenoxy) is 1. The van der Waals surface area contributed by atoms with Gasteiger partial charge in [0.1, 0.15) is 0 Å². The molecule has 24 heavy (non-hydrogen) atoms. The summed E-state index contributed by atoms with van der Waals surface area (Å²) >= 11 is 0. The Morgan fingerprint density at radius 1 is 0.833 bits per heavy atom. The summed E-state index contributed by atoms with van der Waals surface area (Å²) in [6.45, 7) is 4.60. The average molecular weight is 333 g/mol. The van der Waals surface area contributed by atoms with Crippen molar-refractivity contribution in [3.8, 4) is 0 Å². The fraction of sp³-hybridized carbons (Fsp3) is 0.682. The van der Waals surface area contributed by atoms with E-state index in [4.69, 9.17) is 4.74 Å². The number of unbranched alkanes of at least 4 members (excludes halogenated alkanes) is 9. The highest BCUT2D eigenvalue weighted by atomic mass is 16.5. The first-order valence-electron chi connectivity index (χ1n) is 10.0. The van der Waals surface area contributed by atoms with Crippen molar-refractivity contribution >= 4 is 5.97 Å². The van der Waals surface area contributed by atoms with Crippen LogP contribution in [0.4, 0.5) is 0 Å². The highest BCUT2D eigenvalue weighted by molar-refractivity contribution is 5.78. The number of hydrogen-bond acceptors (Lipinski definition) is 2. The summed E-state index contributed by atoms with van der Waals surface area (Å²) in [5.41, 5.74) is 1.09. The third kappa shape index (κ3) is 9.10. The molecule has 0 spiro atoms. The molecule has 2 nitrogen and oxygen atoms in total. The molecule has 1 unspecified atom stereocenters. The van der Waals surface area contributed by atoms with Gasteiger partial charge in [-0.25, -0.2) is 0 Å². The van der Waals surface area contributed by atoms with Crippen LogP contribution in [0.1, 0.15) is 96.0 Å². The van der Waals surface area contributed by atoms with Crippen molar-refractivity contribution in [1.29, 1.82) is 0 Å². The SMILES string of the molecule is CCCCCCCCCCCCC(C(=O)OCC)c1ccccc1. The lowest BCUT2D eigenvalue weighted by Gasteiger charge is -2.16. The Morgan fingerprint density at radius 2 is 1.38 bits per heavy atom. The van der Waals surface area contributed by atoms with Gasteiger partial charge in [0.25, 0.3) is 0 Å². The quantitative estimate of drug-likeness (QED) is 0.282. The van der Waals surface area contributed by atoms with Gasteiger partial charge in [-0.15, -0.1) is 0 Å². The summed E-state index contributed by atoms with van der Waals surface area (Å²) in [5.74, 6) is -0.167. The van der Waals surface area contributed by atoms with Crippen molar-refractivity contribution in [3.63, 3.8) is 0 Å². The lowest BCUT2D eigenvalue weighted by atomic mass is 9.93. The van der Waals surface area contributed by atoms with E-state index in [1.54, 1.807) is 0 Å². The predicted molar refractivity (Wildman–Crippen MR) is 102 cm³/mol. The largest absolute Gasteiger partial charge is 0.466 e. The summed E-state index contributed by atoms with van der Waals surface area (Å²) < 4.78 is 5.26. The molecular weight excluding hydrogens is 296 g/mol. The Kier molecular flexibility index (Phi) is 12.2. The molecule has 136 valence electrons. The molecule has 0 saturated heterocycles. The minimum absolute atomic E-state index is 0.0698. The molecule has 0 N–H and O–H groups in total. The number of rotatable bonds is 14. The first kappa shape index (κ1) is 20.7. The zero-order chi connectivity index (χ0) is 17.5. The molecule has 0 amide bonds. The zero-order valence-corrected chi connectivity index (χ0v) is 15.8. The van der Waals surface area contributed by atoms with Gasteiger partial charge in [0.05, 0.1) is 12.5 Å². The van der Waals surface area contributed by atoms with Gasteiger partial charge in [-0.3, -0.25) is 4.79 Å². The standard InChI is InChI=1S/C22H36O2/c1-3-5-6-7-8-9-10-11-12-16-19-21(22(23)24-4-2)20-17-14-13-15-18-20/h13-15,17-18,21H,3-12,16,19H2,1-2H3. The number of carbonyl (C=O) groups excluding carboxylic acids is 1. The second-order valence-corrected chi connectivity index (χ2v) is 6.69. The maximum atomic E-state index is 12.2. The fourth-order valence-electron chi connectivity index (χ4n) is 3.18. The van der Waals surface area contributed by atoms with Crippen LogP contribution in [-0.2, 0) is 9.53 Å². The first-order chi connectivity index (χ1) is 11.8. The van der Waals surface area contributed by atoms with Crippen LogP contribution in [0, 0.1) is 0 Å². The van der Waals surface area contributed by atoms with Gasteiger partial charge < -0.3 is 4.74 Å². The minimum Gasteiger partial charge on any atom is -0.466 e. The van der Waals surface area contributed by atoms with Crippen molar-refractivity contribution in [2.45, 2.75) is 90.4 Å². The molecule has 0 bridgehead atoms. The van der Waals surface area contributed by atoms with Crippen LogP contribution in [0.5, 0.6) is 0 Å². The van der Waals surface area contributed by atoms with E-state index >= 15 is 0 Å². The first-order valence-corrected chi connectivity index (χ1v) is 10.0. The maximum absolute atomic E-state index is 12.2. The van der Waals surface area contributed by atoms with E-state index in [1.165, 1.54) is 57.8 Å². The summed E-state index contributed by atoms with van der Waals surface area (Å²) in [4.78, 5) is 12.2. The monoisotopic (exact) mass is 332 g/mol. The molecule has 0 aliphatic rings. The molecule has 0 aliphatic carbocycles. The van der Waals surface area contributed by atoms with E-state index in [0.29, 0.717) is 6.61 Å². The van der Waals surface area contributed by atoms with Crippen molar-refractivity contribution < 1.29 is 9.53 Å². The third-order valence-electron chi connectivity index (χ3n) is 4.62. The van der Waals surface area contributed by atoms with Crippen LogP contribution in [0.15, 0.2) is 30.3 Å².